The number of rotatable bonds is 16. The number of hydrogen-bond acceptors (Lipinski definition) is 7. The number of nitrogens with two attached hydrogens (primary N) is 5. The molecule has 0 aromatic carbocycles. The molecule has 0 saturated carbocycles. The number of guanidine groups is 2. The second kappa shape index (κ2) is 16.3. The largest absolute Gasteiger partial charge is 0.480 e. The van der Waals surface area contributed by atoms with Crippen molar-refractivity contribution >= 4 is 35.6 Å². The molecule has 1 aliphatic heterocycles. The van der Waals surface area contributed by atoms with Crippen LogP contribution in [0.3, 0.4) is 0 Å². The van der Waals surface area contributed by atoms with E-state index in [-0.39, 0.29) is 37.3 Å². The van der Waals surface area contributed by atoms with Crippen LogP contribution in [0.1, 0.15) is 58.8 Å². The van der Waals surface area contributed by atoms with Crippen LogP contribution in [0, 0.1) is 5.92 Å². The van der Waals surface area contributed by atoms with Gasteiger partial charge in [0.2, 0.25) is 17.7 Å². The number of likely N-dealkylation sites (tertiary alicyclic amines) is 1. The van der Waals surface area contributed by atoms with Crippen molar-refractivity contribution in [2.75, 3.05) is 19.6 Å². The summed E-state index contributed by atoms with van der Waals surface area (Å²) in [6.07, 6.45) is 2.76. The number of amides is 3. The normalized spacial score (nSPS) is 18.0. The second-order valence-corrected chi connectivity index (χ2v) is 9.46. The first-order chi connectivity index (χ1) is 17.9. The Labute approximate surface area is 223 Å². The highest BCUT2D eigenvalue weighted by Crippen LogP contribution is 2.20. The predicted molar refractivity (Wildman–Crippen MR) is 143 cm³/mol. The summed E-state index contributed by atoms with van der Waals surface area (Å²) >= 11 is 0. The van der Waals surface area contributed by atoms with E-state index < -0.39 is 47.9 Å². The van der Waals surface area contributed by atoms with E-state index in [1.165, 1.54) is 4.90 Å². The Kier molecular flexibility index (Phi) is 13.9. The van der Waals surface area contributed by atoms with Crippen molar-refractivity contribution in [3.8, 4) is 0 Å². The molecule has 3 amide bonds. The van der Waals surface area contributed by atoms with E-state index in [0.717, 1.165) is 0 Å². The van der Waals surface area contributed by atoms with Crippen molar-refractivity contribution in [2.45, 2.75) is 83.0 Å². The number of carboxylic acids is 1. The van der Waals surface area contributed by atoms with Gasteiger partial charge in [0.05, 0.1) is 6.04 Å². The molecule has 38 heavy (non-hydrogen) atoms. The third kappa shape index (κ3) is 10.8. The molecule has 13 N–H and O–H groups in total. The van der Waals surface area contributed by atoms with Crippen molar-refractivity contribution in [3.05, 3.63) is 0 Å². The molecule has 1 saturated heterocycles. The fraction of sp³-hybridized carbons (Fsp3) is 0.739. The number of nitrogens with one attached hydrogen (secondary N) is 2. The van der Waals surface area contributed by atoms with Crippen LogP contribution in [0.15, 0.2) is 9.98 Å². The molecule has 5 unspecified atom stereocenters. The number of aliphatic carboxylic acids is 1. The lowest BCUT2D eigenvalue weighted by molar-refractivity contribution is -0.149. The van der Waals surface area contributed by atoms with Crippen LogP contribution in [-0.4, -0.2) is 89.4 Å². The average molecular weight is 541 g/mol. The highest BCUT2D eigenvalue weighted by Gasteiger charge is 2.38. The van der Waals surface area contributed by atoms with E-state index in [2.05, 4.69) is 20.6 Å². The summed E-state index contributed by atoms with van der Waals surface area (Å²) < 4.78 is 0. The molecule has 216 valence electrons. The minimum Gasteiger partial charge on any atom is -0.480 e. The number of carboxylic acid groups (broad SMARTS) is 1. The van der Waals surface area contributed by atoms with Gasteiger partial charge >= 0.3 is 5.97 Å². The fourth-order valence-corrected chi connectivity index (χ4v) is 4.12. The van der Waals surface area contributed by atoms with Gasteiger partial charge in [0.25, 0.3) is 0 Å². The fourth-order valence-electron chi connectivity index (χ4n) is 4.12. The molecule has 1 heterocycles. The molecule has 0 bridgehead atoms. The molecule has 15 nitrogen and oxygen atoms in total. The number of nitrogens with zero attached hydrogens (tertiary/aromatic N) is 3. The van der Waals surface area contributed by atoms with Crippen LogP contribution >= 0.6 is 0 Å². The van der Waals surface area contributed by atoms with Crippen molar-refractivity contribution in [3.63, 3.8) is 0 Å². The van der Waals surface area contributed by atoms with Crippen LogP contribution in [0.25, 0.3) is 0 Å². The zero-order valence-corrected chi connectivity index (χ0v) is 22.3. The topological polar surface area (TPSA) is 271 Å². The summed E-state index contributed by atoms with van der Waals surface area (Å²) in [5, 5.41) is 14.9. The first-order valence-electron chi connectivity index (χ1n) is 12.9. The predicted octanol–water partition coefficient (Wildman–Crippen LogP) is -2.49. The smallest absolute Gasteiger partial charge is 0.326 e. The molecule has 0 aliphatic carbocycles. The SMILES string of the molecule is CCC(C)C(NC(=O)C(N)CCCN=C(N)N)C(=O)NC(CCCN=C(N)N)C(=O)N1CCCC1C(=O)O. The minimum atomic E-state index is -1.10. The average Bonchev–Trinajstić information content (AvgIpc) is 3.35. The van der Waals surface area contributed by atoms with Crippen molar-refractivity contribution in [1.82, 2.24) is 15.5 Å². The van der Waals surface area contributed by atoms with Gasteiger partial charge < -0.3 is 49.3 Å². The molecule has 5 atom stereocenters. The van der Waals surface area contributed by atoms with Gasteiger partial charge in [-0.15, -0.1) is 0 Å². The molecular weight excluding hydrogens is 496 g/mol. The third-order valence-corrected chi connectivity index (χ3v) is 6.48. The number of carbonyl (C=O) groups is 4. The van der Waals surface area contributed by atoms with E-state index in [4.69, 9.17) is 28.7 Å². The zero-order valence-electron chi connectivity index (χ0n) is 22.3. The summed E-state index contributed by atoms with van der Waals surface area (Å²) in [5.41, 5.74) is 27.3. The zero-order chi connectivity index (χ0) is 28.8. The molecule has 0 aromatic heterocycles. The highest BCUT2D eigenvalue weighted by atomic mass is 16.4. The number of carbonyl (C=O) groups excluding carboxylic acids is 3. The standard InChI is InChI=1S/C23H44N10O5/c1-3-13(2)17(32-18(34)14(24)7-4-10-29-22(25)26)19(35)31-15(8-5-11-30-23(27)28)20(36)33-12-6-9-16(33)21(37)38/h13-17H,3-12,24H2,1-2H3,(H,31,35)(H,32,34)(H,37,38)(H4,25,26,29)(H4,27,28,30). The van der Waals surface area contributed by atoms with Gasteiger partial charge in [0, 0.05) is 19.6 Å². The van der Waals surface area contributed by atoms with E-state index in [1.807, 2.05) is 6.92 Å². The van der Waals surface area contributed by atoms with E-state index in [9.17, 15) is 24.3 Å². The summed E-state index contributed by atoms with van der Waals surface area (Å²) in [6.45, 7) is 4.48. The van der Waals surface area contributed by atoms with Gasteiger partial charge in [-0.1, -0.05) is 20.3 Å². The Morgan fingerprint density at radius 3 is 2.08 bits per heavy atom. The monoisotopic (exact) mass is 540 g/mol. The summed E-state index contributed by atoms with van der Waals surface area (Å²) in [7, 11) is 0. The van der Waals surface area contributed by atoms with E-state index in [0.29, 0.717) is 45.1 Å². The lowest BCUT2D eigenvalue weighted by Crippen LogP contribution is -2.58. The molecule has 0 aromatic rings. The lowest BCUT2D eigenvalue weighted by Gasteiger charge is -2.30. The summed E-state index contributed by atoms with van der Waals surface area (Å²) in [6, 6.07) is -3.82. The highest BCUT2D eigenvalue weighted by molar-refractivity contribution is 5.94. The molecule has 1 rings (SSSR count). The summed E-state index contributed by atoms with van der Waals surface area (Å²) in [5.74, 6) is -3.11. The lowest BCUT2D eigenvalue weighted by atomic mass is 9.96. The molecule has 1 aliphatic rings. The maximum absolute atomic E-state index is 13.4. The van der Waals surface area contributed by atoms with Gasteiger partial charge in [-0.25, -0.2) is 4.79 Å². The van der Waals surface area contributed by atoms with Crippen molar-refractivity contribution in [2.24, 2.45) is 44.6 Å². The Morgan fingerprint density at radius 1 is 0.974 bits per heavy atom. The molecule has 0 spiro atoms. The van der Waals surface area contributed by atoms with Crippen molar-refractivity contribution < 1.29 is 24.3 Å². The molecule has 0 radical (unpaired) electrons. The van der Waals surface area contributed by atoms with Crippen LogP contribution in [0.2, 0.25) is 0 Å². The number of hydrogen-bond donors (Lipinski definition) is 8. The van der Waals surface area contributed by atoms with Crippen LogP contribution < -0.4 is 39.3 Å². The van der Waals surface area contributed by atoms with Gasteiger partial charge in [0.1, 0.15) is 18.1 Å². The second-order valence-electron chi connectivity index (χ2n) is 9.46. The first-order valence-corrected chi connectivity index (χ1v) is 12.9. The maximum atomic E-state index is 13.4. The van der Waals surface area contributed by atoms with Crippen LogP contribution in [0.4, 0.5) is 0 Å². The van der Waals surface area contributed by atoms with Gasteiger partial charge in [-0.3, -0.25) is 24.4 Å². The van der Waals surface area contributed by atoms with Crippen molar-refractivity contribution in [1.29, 1.82) is 0 Å². The van der Waals surface area contributed by atoms with Crippen LogP contribution in [-0.2, 0) is 19.2 Å². The van der Waals surface area contributed by atoms with Gasteiger partial charge in [0.15, 0.2) is 11.9 Å². The Balaban J connectivity index is 2.99. The van der Waals surface area contributed by atoms with Gasteiger partial charge in [-0.2, -0.15) is 0 Å². The van der Waals surface area contributed by atoms with Gasteiger partial charge in [-0.05, 0) is 44.4 Å². The third-order valence-electron chi connectivity index (χ3n) is 6.48. The Hall–Kier alpha value is -3.62. The molecule has 1 fully saturated rings. The maximum Gasteiger partial charge on any atom is 0.326 e. The molecular formula is C23H44N10O5. The first kappa shape index (κ1) is 32.4. The Bertz CT molecular complexity index is 873. The van der Waals surface area contributed by atoms with Crippen LogP contribution in [0.5, 0.6) is 0 Å². The number of aliphatic imine (C=N–C) groups is 2. The Morgan fingerprint density at radius 2 is 1.55 bits per heavy atom. The van der Waals surface area contributed by atoms with E-state index >= 15 is 0 Å². The quantitative estimate of drug-likeness (QED) is 0.0579. The minimum absolute atomic E-state index is 0.0532. The molecule has 15 heteroatoms. The van der Waals surface area contributed by atoms with E-state index in [1.54, 1.807) is 6.92 Å². The summed E-state index contributed by atoms with van der Waals surface area (Å²) in [4.78, 5) is 60.1.